The summed E-state index contributed by atoms with van der Waals surface area (Å²) in [6.07, 6.45) is 3.99. The molecule has 0 aromatic carbocycles. The predicted octanol–water partition coefficient (Wildman–Crippen LogP) is 1.35. The van der Waals surface area contributed by atoms with E-state index in [2.05, 4.69) is 9.62 Å². The van der Waals surface area contributed by atoms with Crippen LogP contribution in [0, 0.1) is 0 Å². The average molecular weight is 330 g/mol. The zero-order valence-corrected chi connectivity index (χ0v) is 13.1. The van der Waals surface area contributed by atoms with Gasteiger partial charge in [0.05, 0.1) is 0 Å². The fourth-order valence-electron chi connectivity index (χ4n) is 3.19. The van der Waals surface area contributed by atoms with E-state index in [9.17, 15) is 13.2 Å². The monoisotopic (exact) mass is 330 g/mol. The highest BCUT2D eigenvalue weighted by atomic mass is 32.2. The first-order valence-corrected chi connectivity index (χ1v) is 9.35. The van der Waals surface area contributed by atoms with Gasteiger partial charge in [0, 0.05) is 12.1 Å². The largest absolute Gasteiger partial charge is 0.477 e. The molecule has 2 fully saturated rings. The molecule has 21 heavy (non-hydrogen) atoms. The SMILES string of the molecule is O=C(O)c1ccc(S(=O)(=O)NC2CCN3CCCC3C2)s1. The summed E-state index contributed by atoms with van der Waals surface area (Å²) in [6, 6.07) is 3.14. The fraction of sp³-hybridized carbons (Fsp3) is 0.615. The van der Waals surface area contributed by atoms with Gasteiger partial charge in [-0.2, -0.15) is 0 Å². The van der Waals surface area contributed by atoms with Crippen molar-refractivity contribution in [1.29, 1.82) is 0 Å². The highest BCUT2D eigenvalue weighted by Gasteiger charge is 2.34. The Morgan fingerprint density at radius 1 is 1.33 bits per heavy atom. The molecule has 2 aliphatic rings. The smallest absolute Gasteiger partial charge is 0.345 e. The van der Waals surface area contributed by atoms with Crippen LogP contribution < -0.4 is 4.72 Å². The van der Waals surface area contributed by atoms with Gasteiger partial charge in [-0.1, -0.05) is 0 Å². The number of fused-ring (bicyclic) bond motifs is 1. The molecule has 2 aliphatic heterocycles. The van der Waals surface area contributed by atoms with Crippen molar-refractivity contribution in [3.05, 3.63) is 17.0 Å². The van der Waals surface area contributed by atoms with Crippen LogP contribution in [0.15, 0.2) is 16.3 Å². The van der Waals surface area contributed by atoms with Gasteiger partial charge in [0.2, 0.25) is 10.0 Å². The summed E-state index contributed by atoms with van der Waals surface area (Å²) in [6.45, 7) is 2.06. The lowest BCUT2D eigenvalue weighted by Gasteiger charge is -2.34. The number of carboxylic acid groups (broad SMARTS) is 1. The second-order valence-corrected chi connectivity index (χ2v) is 8.62. The van der Waals surface area contributed by atoms with Crippen LogP contribution in [-0.4, -0.2) is 49.6 Å². The van der Waals surface area contributed by atoms with E-state index < -0.39 is 16.0 Å². The summed E-state index contributed by atoms with van der Waals surface area (Å²) < 4.78 is 27.5. The fourth-order valence-corrected chi connectivity index (χ4v) is 5.63. The molecule has 2 N–H and O–H groups in total. The lowest BCUT2D eigenvalue weighted by molar-refractivity contribution is 0.0702. The first kappa shape index (κ1) is 15.0. The molecular formula is C13H18N2O4S2. The summed E-state index contributed by atoms with van der Waals surface area (Å²) in [4.78, 5) is 13.3. The molecule has 8 heteroatoms. The van der Waals surface area contributed by atoms with Gasteiger partial charge in [0.1, 0.15) is 9.09 Å². The number of rotatable bonds is 4. The molecular weight excluding hydrogens is 312 g/mol. The van der Waals surface area contributed by atoms with Crippen molar-refractivity contribution < 1.29 is 18.3 Å². The van der Waals surface area contributed by atoms with Gasteiger partial charge in [-0.3, -0.25) is 0 Å². The van der Waals surface area contributed by atoms with E-state index >= 15 is 0 Å². The molecule has 3 rings (SSSR count). The van der Waals surface area contributed by atoms with Crippen LogP contribution in [-0.2, 0) is 10.0 Å². The third kappa shape index (κ3) is 3.13. The second kappa shape index (κ2) is 5.68. The van der Waals surface area contributed by atoms with E-state index in [1.54, 1.807) is 0 Å². The summed E-state index contributed by atoms with van der Waals surface area (Å²) in [5.41, 5.74) is 0. The van der Waals surface area contributed by atoms with Crippen LogP contribution >= 0.6 is 11.3 Å². The predicted molar refractivity (Wildman–Crippen MR) is 79.2 cm³/mol. The molecule has 0 amide bonds. The zero-order valence-electron chi connectivity index (χ0n) is 11.5. The summed E-state index contributed by atoms with van der Waals surface area (Å²) in [5.74, 6) is -1.10. The number of thiophene rings is 1. The van der Waals surface area contributed by atoms with Gasteiger partial charge in [0.15, 0.2) is 0 Å². The van der Waals surface area contributed by atoms with Gasteiger partial charge in [-0.15, -0.1) is 11.3 Å². The maximum absolute atomic E-state index is 12.3. The number of sulfonamides is 1. The van der Waals surface area contributed by atoms with Gasteiger partial charge < -0.3 is 10.0 Å². The molecule has 0 radical (unpaired) electrons. The highest BCUT2D eigenvalue weighted by Crippen LogP contribution is 2.28. The lowest BCUT2D eigenvalue weighted by atomic mass is 9.99. The Balaban J connectivity index is 1.69. The Hall–Kier alpha value is -0.960. The van der Waals surface area contributed by atoms with Gasteiger partial charge in [0.25, 0.3) is 0 Å². The molecule has 0 saturated carbocycles. The minimum Gasteiger partial charge on any atom is -0.477 e. The van der Waals surface area contributed by atoms with Gasteiger partial charge >= 0.3 is 5.97 Å². The quantitative estimate of drug-likeness (QED) is 0.870. The van der Waals surface area contributed by atoms with Crippen LogP contribution in [0.4, 0.5) is 0 Å². The van der Waals surface area contributed by atoms with Crippen molar-refractivity contribution in [3.8, 4) is 0 Å². The first-order valence-electron chi connectivity index (χ1n) is 7.05. The van der Waals surface area contributed by atoms with Crippen LogP contribution in [0.25, 0.3) is 0 Å². The molecule has 0 aliphatic carbocycles. The number of hydrogen-bond acceptors (Lipinski definition) is 5. The Kier molecular flexibility index (Phi) is 4.04. The van der Waals surface area contributed by atoms with Crippen LogP contribution in [0.5, 0.6) is 0 Å². The lowest BCUT2D eigenvalue weighted by Crippen LogP contribution is -2.47. The highest BCUT2D eigenvalue weighted by molar-refractivity contribution is 7.91. The van der Waals surface area contributed by atoms with Crippen LogP contribution in [0.3, 0.4) is 0 Å². The second-order valence-electron chi connectivity index (χ2n) is 5.60. The number of hydrogen-bond donors (Lipinski definition) is 2. The standard InChI is InChI=1S/C13H18N2O4S2/c16-13(17)11-3-4-12(20-11)21(18,19)14-9-5-7-15-6-1-2-10(15)8-9/h3-4,9-10,14H,1-2,5-8H2,(H,16,17). The molecule has 1 aromatic heterocycles. The topological polar surface area (TPSA) is 86.7 Å². The van der Waals surface area contributed by atoms with E-state index in [0.29, 0.717) is 6.04 Å². The molecule has 2 atom stereocenters. The number of nitrogens with zero attached hydrogens (tertiary/aromatic N) is 1. The van der Waals surface area contributed by atoms with E-state index in [0.717, 1.165) is 43.7 Å². The molecule has 0 bridgehead atoms. The zero-order chi connectivity index (χ0) is 15.0. The molecule has 116 valence electrons. The Bertz CT molecular complexity index is 640. The van der Waals surface area contributed by atoms with Crippen molar-refractivity contribution in [3.63, 3.8) is 0 Å². The van der Waals surface area contributed by atoms with E-state index in [1.807, 2.05) is 0 Å². The minimum atomic E-state index is -3.61. The Labute approximate surface area is 127 Å². The maximum atomic E-state index is 12.3. The molecule has 0 spiro atoms. The molecule has 2 unspecified atom stereocenters. The molecule has 1 aromatic rings. The summed E-state index contributed by atoms with van der Waals surface area (Å²) in [7, 11) is -3.61. The maximum Gasteiger partial charge on any atom is 0.345 e. The molecule has 3 heterocycles. The third-order valence-corrected chi connectivity index (χ3v) is 7.28. The number of carbonyl (C=O) groups is 1. The number of piperidine rings is 1. The Morgan fingerprint density at radius 3 is 2.86 bits per heavy atom. The van der Waals surface area contributed by atoms with E-state index in [-0.39, 0.29) is 15.1 Å². The minimum absolute atomic E-state index is 0.0426. The third-order valence-electron chi connectivity index (χ3n) is 4.20. The normalized spacial score (nSPS) is 26.7. The van der Waals surface area contributed by atoms with Crippen LogP contribution in [0.2, 0.25) is 0 Å². The van der Waals surface area contributed by atoms with Gasteiger partial charge in [-0.05, 0) is 50.9 Å². The summed E-state index contributed by atoms with van der Waals surface area (Å²) >= 11 is 0.796. The number of nitrogens with one attached hydrogen (secondary N) is 1. The van der Waals surface area contributed by atoms with Crippen molar-refractivity contribution >= 4 is 27.3 Å². The van der Waals surface area contributed by atoms with Crippen molar-refractivity contribution in [2.75, 3.05) is 13.1 Å². The van der Waals surface area contributed by atoms with Crippen molar-refractivity contribution in [1.82, 2.24) is 9.62 Å². The van der Waals surface area contributed by atoms with Crippen LogP contribution in [0.1, 0.15) is 35.4 Å². The average Bonchev–Trinajstić information content (AvgIpc) is 3.07. The van der Waals surface area contributed by atoms with E-state index in [4.69, 9.17) is 5.11 Å². The Morgan fingerprint density at radius 2 is 2.14 bits per heavy atom. The molecule has 6 nitrogen and oxygen atoms in total. The van der Waals surface area contributed by atoms with Gasteiger partial charge in [-0.25, -0.2) is 17.9 Å². The number of carboxylic acids is 1. The molecule has 2 saturated heterocycles. The van der Waals surface area contributed by atoms with Crippen molar-refractivity contribution in [2.24, 2.45) is 0 Å². The first-order chi connectivity index (χ1) is 9.95. The summed E-state index contributed by atoms with van der Waals surface area (Å²) in [5, 5.41) is 8.88. The van der Waals surface area contributed by atoms with Crippen molar-refractivity contribution in [2.45, 2.75) is 42.0 Å². The number of aromatic carboxylic acids is 1. The van der Waals surface area contributed by atoms with E-state index in [1.165, 1.54) is 18.6 Å².